The largest absolute Gasteiger partial charge is 0.329 e. The highest BCUT2D eigenvalue weighted by molar-refractivity contribution is 6.32. The molecule has 104 valence electrons. The number of hydrogen-bond acceptors (Lipinski definition) is 4. The van der Waals surface area contributed by atoms with Crippen LogP contribution in [-0.2, 0) is 4.79 Å². The fourth-order valence-corrected chi connectivity index (χ4v) is 2.61. The predicted octanol–water partition coefficient (Wildman–Crippen LogP) is 2.35. The normalized spacial score (nSPS) is 16.7. The second-order valence-electron chi connectivity index (χ2n) is 5.14. The van der Waals surface area contributed by atoms with Crippen molar-refractivity contribution in [3.8, 4) is 0 Å². The van der Waals surface area contributed by atoms with E-state index in [-0.39, 0.29) is 11.1 Å². The Kier molecular flexibility index (Phi) is 3.31. The van der Waals surface area contributed by atoms with Crippen LogP contribution in [0.2, 0.25) is 5.15 Å². The lowest BCUT2D eigenvalue weighted by Gasteiger charge is -2.38. The van der Waals surface area contributed by atoms with E-state index in [1.807, 2.05) is 24.3 Å². The number of carbonyl (C=O) groups is 1. The van der Waals surface area contributed by atoms with Crippen molar-refractivity contribution >= 4 is 34.4 Å². The van der Waals surface area contributed by atoms with Gasteiger partial charge in [0, 0.05) is 6.54 Å². The fourth-order valence-electron chi connectivity index (χ4n) is 2.43. The van der Waals surface area contributed by atoms with Crippen LogP contribution in [0.1, 0.15) is 19.3 Å². The summed E-state index contributed by atoms with van der Waals surface area (Å²) in [4.78, 5) is 20.9. The van der Waals surface area contributed by atoms with Crippen molar-refractivity contribution in [2.75, 3.05) is 11.9 Å². The van der Waals surface area contributed by atoms with E-state index in [0.717, 1.165) is 19.3 Å². The molecule has 3 N–H and O–H groups in total. The van der Waals surface area contributed by atoms with Gasteiger partial charge in [-0.2, -0.15) is 0 Å². The first-order valence-electron chi connectivity index (χ1n) is 6.58. The van der Waals surface area contributed by atoms with Gasteiger partial charge in [-0.3, -0.25) is 4.79 Å². The minimum Gasteiger partial charge on any atom is -0.329 e. The molecule has 1 aliphatic carbocycles. The van der Waals surface area contributed by atoms with Gasteiger partial charge >= 0.3 is 0 Å². The number of halogens is 1. The number of aromatic nitrogens is 2. The third kappa shape index (κ3) is 2.13. The van der Waals surface area contributed by atoms with Crippen LogP contribution in [-0.4, -0.2) is 22.4 Å². The van der Waals surface area contributed by atoms with Gasteiger partial charge < -0.3 is 11.1 Å². The van der Waals surface area contributed by atoms with Crippen molar-refractivity contribution in [2.24, 2.45) is 11.1 Å². The number of hydrogen-bond donors (Lipinski definition) is 2. The predicted molar refractivity (Wildman–Crippen MR) is 78.5 cm³/mol. The Morgan fingerprint density at radius 2 is 1.95 bits per heavy atom. The molecule has 1 heterocycles. The van der Waals surface area contributed by atoms with E-state index in [4.69, 9.17) is 17.3 Å². The molecule has 0 unspecified atom stereocenters. The molecule has 1 amide bonds. The second kappa shape index (κ2) is 5.00. The lowest BCUT2D eigenvalue weighted by molar-refractivity contribution is -0.129. The molecule has 1 aromatic carbocycles. The van der Waals surface area contributed by atoms with Crippen LogP contribution in [0.3, 0.4) is 0 Å². The lowest BCUT2D eigenvalue weighted by atomic mass is 9.68. The van der Waals surface area contributed by atoms with E-state index in [2.05, 4.69) is 15.3 Å². The number of benzene rings is 1. The highest BCUT2D eigenvalue weighted by Gasteiger charge is 2.43. The van der Waals surface area contributed by atoms with Crippen LogP contribution in [0.25, 0.3) is 11.0 Å². The van der Waals surface area contributed by atoms with Gasteiger partial charge in [0.2, 0.25) is 5.91 Å². The van der Waals surface area contributed by atoms with Gasteiger partial charge in [0.15, 0.2) is 11.0 Å². The molecule has 3 rings (SSSR count). The zero-order valence-electron chi connectivity index (χ0n) is 10.9. The molecule has 20 heavy (non-hydrogen) atoms. The van der Waals surface area contributed by atoms with Crippen LogP contribution < -0.4 is 11.1 Å². The van der Waals surface area contributed by atoms with Gasteiger partial charge in [-0.25, -0.2) is 9.97 Å². The summed E-state index contributed by atoms with van der Waals surface area (Å²) in [5.74, 6) is 0.188. The second-order valence-corrected chi connectivity index (χ2v) is 5.50. The Morgan fingerprint density at radius 3 is 2.50 bits per heavy atom. The summed E-state index contributed by atoms with van der Waals surface area (Å²) in [6.07, 6.45) is 2.66. The maximum atomic E-state index is 12.3. The molecule has 5 nitrogen and oxygen atoms in total. The van der Waals surface area contributed by atoms with Crippen LogP contribution in [0, 0.1) is 5.41 Å². The van der Waals surface area contributed by atoms with Crippen molar-refractivity contribution in [1.29, 1.82) is 0 Å². The van der Waals surface area contributed by atoms with Crippen LogP contribution >= 0.6 is 11.6 Å². The molecule has 0 atom stereocenters. The van der Waals surface area contributed by atoms with Crippen LogP contribution in [0.4, 0.5) is 5.82 Å². The average Bonchev–Trinajstić information content (AvgIpc) is 2.39. The van der Waals surface area contributed by atoms with Crippen molar-refractivity contribution in [2.45, 2.75) is 19.3 Å². The minimum absolute atomic E-state index is 0.113. The highest BCUT2D eigenvalue weighted by Crippen LogP contribution is 2.41. The first-order chi connectivity index (χ1) is 9.64. The number of anilines is 1. The highest BCUT2D eigenvalue weighted by atomic mass is 35.5. The number of nitrogens with two attached hydrogens (primary N) is 1. The maximum absolute atomic E-state index is 12.3. The van der Waals surface area contributed by atoms with Crippen LogP contribution in [0.5, 0.6) is 0 Å². The molecule has 2 aromatic rings. The standard InChI is InChI=1S/C14H15ClN4O/c15-11-12(18-10-5-2-1-4-9(10)17-11)19-13(20)14(8-16)6-3-7-14/h1-2,4-5H,3,6-8,16H2,(H,18,19,20). The van der Waals surface area contributed by atoms with Gasteiger partial charge in [-0.05, 0) is 25.0 Å². The van der Waals surface area contributed by atoms with Gasteiger partial charge in [0.05, 0.1) is 16.4 Å². The Hall–Kier alpha value is -1.72. The molecule has 0 aliphatic heterocycles. The van der Waals surface area contributed by atoms with E-state index in [1.54, 1.807) is 0 Å². The average molecular weight is 291 g/mol. The number of nitrogens with one attached hydrogen (secondary N) is 1. The Balaban J connectivity index is 1.90. The van der Waals surface area contributed by atoms with E-state index >= 15 is 0 Å². The van der Waals surface area contributed by atoms with Crippen molar-refractivity contribution in [3.05, 3.63) is 29.4 Å². The molecule has 0 spiro atoms. The molecule has 0 radical (unpaired) electrons. The number of carbonyl (C=O) groups excluding carboxylic acids is 1. The zero-order chi connectivity index (χ0) is 14.2. The molecule has 0 saturated heterocycles. The van der Waals surface area contributed by atoms with Crippen molar-refractivity contribution in [1.82, 2.24) is 9.97 Å². The SMILES string of the molecule is NCC1(C(=O)Nc2nc3ccccc3nc2Cl)CCC1. The fraction of sp³-hybridized carbons (Fsp3) is 0.357. The van der Waals surface area contributed by atoms with Gasteiger partial charge in [-0.1, -0.05) is 30.2 Å². The van der Waals surface area contributed by atoms with Crippen molar-refractivity contribution < 1.29 is 4.79 Å². The number of rotatable bonds is 3. The summed E-state index contributed by atoms with van der Waals surface area (Å²) in [5.41, 5.74) is 6.66. The number of para-hydroxylation sites is 2. The van der Waals surface area contributed by atoms with E-state index in [9.17, 15) is 4.79 Å². The summed E-state index contributed by atoms with van der Waals surface area (Å²) in [7, 11) is 0. The first-order valence-corrected chi connectivity index (χ1v) is 6.96. The number of fused-ring (bicyclic) bond motifs is 1. The first kappa shape index (κ1) is 13.3. The maximum Gasteiger partial charge on any atom is 0.233 e. The van der Waals surface area contributed by atoms with Gasteiger partial charge in [-0.15, -0.1) is 0 Å². The molecule has 1 aromatic heterocycles. The van der Waals surface area contributed by atoms with E-state index in [0.29, 0.717) is 23.4 Å². The molecule has 1 aliphatic rings. The summed E-state index contributed by atoms with van der Waals surface area (Å²) in [6, 6.07) is 7.39. The van der Waals surface area contributed by atoms with Gasteiger partial charge in [0.25, 0.3) is 0 Å². The molecular formula is C14H15ClN4O. The smallest absolute Gasteiger partial charge is 0.233 e. The molecule has 1 saturated carbocycles. The monoisotopic (exact) mass is 290 g/mol. The Labute approximate surface area is 121 Å². The molecule has 1 fully saturated rings. The van der Waals surface area contributed by atoms with Gasteiger partial charge in [0.1, 0.15) is 0 Å². The lowest BCUT2D eigenvalue weighted by Crippen LogP contribution is -2.47. The van der Waals surface area contributed by atoms with E-state index in [1.165, 1.54) is 0 Å². The zero-order valence-corrected chi connectivity index (χ0v) is 11.7. The Morgan fingerprint density at radius 1 is 1.30 bits per heavy atom. The number of nitrogens with zero attached hydrogens (tertiary/aromatic N) is 2. The summed E-state index contributed by atoms with van der Waals surface area (Å²) in [5, 5.41) is 2.97. The summed E-state index contributed by atoms with van der Waals surface area (Å²) < 4.78 is 0. The quantitative estimate of drug-likeness (QED) is 0.909. The topological polar surface area (TPSA) is 80.9 Å². The molecule has 6 heteroatoms. The number of amides is 1. The summed E-state index contributed by atoms with van der Waals surface area (Å²) >= 11 is 6.08. The molecular weight excluding hydrogens is 276 g/mol. The van der Waals surface area contributed by atoms with E-state index < -0.39 is 5.41 Å². The van der Waals surface area contributed by atoms with Crippen molar-refractivity contribution in [3.63, 3.8) is 0 Å². The third-order valence-electron chi connectivity index (χ3n) is 3.94. The van der Waals surface area contributed by atoms with Crippen LogP contribution in [0.15, 0.2) is 24.3 Å². The summed E-state index contributed by atoms with van der Waals surface area (Å²) in [6.45, 7) is 0.345. The molecule has 0 bridgehead atoms. The third-order valence-corrected chi connectivity index (χ3v) is 4.21. The minimum atomic E-state index is -0.462. The Bertz CT molecular complexity index is 664.